The van der Waals surface area contributed by atoms with Crippen molar-refractivity contribution in [3.8, 4) is 0 Å². The summed E-state index contributed by atoms with van der Waals surface area (Å²) in [7, 11) is -3.21. The van der Waals surface area contributed by atoms with E-state index < -0.39 is 10.0 Å². The van der Waals surface area contributed by atoms with Crippen molar-refractivity contribution < 1.29 is 12.8 Å². The molecule has 2 unspecified atom stereocenters. The van der Waals surface area contributed by atoms with Gasteiger partial charge in [-0.1, -0.05) is 18.6 Å². The van der Waals surface area contributed by atoms with E-state index in [0.717, 1.165) is 36.0 Å². The molecule has 0 bridgehead atoms. The van der Waals surface area contributed by atoms with E-state index in [1.165, 1.54) is 12.3 Å². The van der Waals surface area contributed by atoms with Gasteiger partial charge in [-0.15, -0.1) is 0 Å². The van der Waals surface area contributed by atoms with Crippen molar-refractivity contribution in [2.45, 2.75) is 32.2 Å². The molecule has 1 aromatic carbocycles. The Hall–Kier alpha value is -1.73. The molecule has 1 aliphatic carbocycles. The molecule has 1 saturated carbocycles. The third-order valence-electron chi connectivity index (χ3n) is 4.50. The second kappa shape index (κ2) is 6.64. The Morgan fingerprint density at radius 2 is 2.12 bits per heavy atom. The highest BCUT2D eigenvalue weighted by molar-refractivity contribution is 7.88. The predicted octanol–water partition coefficient (Wildman–Crippen LogP) is 2.81. The lowest BCUT2D eigenvalue weighted by Gasteiger charge is -2.21. The number of nitrogens with one attached hydrogen (secondary N) is 2. The van der Waals surface area contributed by atoms with Gasteiger partial charge in [0.25, 0.3) is 0 Å². The van der Waals surface area contributed by atoms with E-state index in [4.69, 9.17) is 0 Å². The minimum atomic E-state index is -3.21. The molecule has 1 aliphatic rings. The van der Waals surface area contributed by atoms with Crippen LogP contribution >= 0.6 is 0 Å². The number of fused-ring (bicyclic) bond motifs is 1. The lowest BCUT2D eigenvalue weighted by atomic mass is 10.0. The van der Waals surface area contributed by atoms with Gasteiger partial charge < -0.3 is 5.32 Å². The highest BCUT2D eigenvalue weighted by atomic mass is 32.2. The van der Waals surface area contributed by atoms with E-state index in [1.54, 1.807) is 6.07 Å². The van der Waals surface area contributed by atoms with Gasteiger partial charge in [-0.25, -0.2) is 22.5 Å². The number of aromatic nitrogens is 1. The van der Waals surface area contributed by atoms with Gasteiger partial charge >= 0.3 is 0 Å². The third-order valence-corrected chi connectivity index (χ3v) is 5.23. The van der Waals surface area contributed by atoms with Gasteiger partial charge in [0.1, 0.15) is 11.3 Å². The van der Waals surface area contributed by atoms with Gasteiger partial charge in [0.15, 0.2) is 0 Å². The van der Waals surface area contributed by atoms with Gasteiger partial charge in [-0.3, -0.25) is 0 Å². The monoisotopic (exact) mass is 351 g/mol. The molecule has 5 nitrogen and oxygen atoms in total. The number of hydrogen-bond acceptors (Lipinski definition) is 4. The summed E-state index contributed by atoms with van der Waals surface area (Å²) in [4.78, 5) is 4.27. The maximum absolute atomic E-state index is 14.0. The van der Waals surface area contributed by atoms with Crippen LogP contribution in [0, 0.1) is 18.7 Å². The minimum absolute atomic E-state index is 0.0431. The summed E-state index contributed by atoms with van der Waals surface area (Å²) in [6.45, 7) is 2.48. The van der Waals surface area contributed by atoms with Crippen molar-refractivity contribution in [2.75, 3.05) is 18.1 Å². The fraction of sp³-hybridized carbons (Fsp3) is 0.471. The number of sulfonamides is 1. The molecular formula is C17H22FN3O2S. The van der Waals surface area contributed by atoms with E-state index in [0.29, 0.717) is 12.1 Å². The molecule has 2 N–H and O–H groups in total. The molecule has 0 amide bonds. The lowest BCUT2D eigenvalue weighted by molar-refractivity contribution is 0.464. The Labute approximate surface area is 141 Å². The number of aryl methyl sites for hydroxylation is 1. The largest absolute Gasteiger partial charge is 0.384 e. The number of hydrogen-bond donors (Lipinski definition) is 2. The fourth-order valence-electron chi connectivity index (χ4n) is 3.44. The van der Waals surface area contributed by atoms with Gasteiger partial charge in [0.05, 0.1) is 6.26 Å². The quantitative estimate of drug-likeness (QED) is 0.869. The summed E-state index contributed by atoms with van der Waals surface area (Å²) in [6, 6.07) is 6.77. The topological polar surface area (TPSA) is 71.1 Å². The number of rotatable bonds is 5. The van der Waals surface area contributed by atoms with Crippen LogP contribution in [0.3, 0.4) is 0 Å². The van der Waals surface area contributed by atoms with Crippen molar-refractivity contribution in [1.29, 1.82) is 0 Å². The standard InChI is InChI=1S/C17H22FN3O2S/c1-11-9-16(13-6-4-7-14(18)17(13)20-11)19-10-12-5-3-8-15(12)21-24(2,22)23/h4,6-7,9,12,15,21H,3,5,8,10H2,1-2H3,(H,19,20). The second-order valence-electron chi connectivity index (χ2n) is 6.52. The van der Waals surface area contributed by atoms with E-state index in [2.05, 4.69) is 15.0 Å². The summed E-state index contributed by atoms with van der Waals surface area (Å²) in [5.41, 5.74) is 1.94. The first-order valence-corrected chi connectivity index (χ1v) is 9.99. The molecular weight excluding hydrogens is 329 g/mol. The number of benzene rings is 1. The summed E-state index contributed by atoms with van der Waals surface area (Å²) < 4.78 is 39.7. The Morgan fingerprint density at radius 3 is 2.88 bits per heavy atom. The average Bonchev–Trinajstić information content (AvgIpc) is 2.91. The van der Waals surface area contributed by atoms with E-state index in [-0.39, 0.29) is 17.8 Å². The van der Waals surface area contributed by atoms with E-state index in [9.17, 15) is 12.8 Å². The summed E-state index contributed by atoms with van der Waals surface area (Å²) >= 11 is 0. The fourth-order valence-corrected chi connectivity index (χ4v) is 4.30. The van der Waals surface area contributed by atoms with Crippen LogP contribution in [0.5, 0.6) is 0 Å². The SMILES string of the molecule is Cc1cc(NCC2CCCC2NS(C)(=O)=O)c2cccc(F)c2n1. The lowest BCUT2D eigenvalue weighted by Crippen LogP contribution is -2.39. The number of halogens is 1. The Balaban J connectivity index is 1.79. The Bertz CT molecular complexity index is 854. The van der Waals surface area contributed by atoms with Crippen LogP contribution < -0.4 is 10.0 Å². The number of para-hydroxylation sites is 1. The molecule has 0 spiro atoms. The van der Waals surface area contributed by atoms with Crippen LogP contribution in [0.4, 0.5) is 10.1 Å². The normalized spacial score (nSPS) is 21.3. The Morgan fingerprint density at radius 1 is 1.33 bits per heavy atom. The zero-order chi connectivity index (χ0) is 17.3. The van der Waals surface area contributed by atoms with Crippen molar-refractivity contribution >= 4 is 26.6 Å². The molecule has 24 heavy (non-hydrogen) atoms. The second-order valence-corrected chi connectivity index (χ2v) is 8.30. The van der Waals surface area contributed by atoms with Gasteiger partial charge in [-0.2, -0.15) is 0 Å². The van der Waals surface area contributed by atoms with Crippen LogP contribution in [0.1, 0.15) is 25.0 Å². The molecule has 1 aromatic heterocycles. The summed E-state index contributed by atoms with van der Waals surface area (Å²) in [6.07, 6.45) is 4.02. The zero-order valence-corrected chi connectivity index (χ0v) is 14.7. The predicted molar refractivity (Wildman–Crippen MR) is 94.0 cm³/mol. The highest BCUT2D eigenvalue weighted by Crippen LogP contribution is 2.29. The maximum atomic E-state index is 14.0. The van der Waals surface area contributed by atoms with Crippen molar-refractivity contribution in [2.24, 2.45) is 5.92 Å². The van der Waals surface area contributed by atoms with Crippen LogP contribution in [0.15, 0.2) is 24.3 Å². The van der Waals surface area contributed by atoms with Crippen molar-refractivity contribution in [1.82, 2.24) is 9.71 Å². The molecule has 7 heteroatoms. The van der Waals surface area contributed by atoms with E-state index in [1.807, 2.05) is 19.1 Å². The molecule has 1 fully saturated rings. The molecule has 2 aromatic rings. The first-order chi connectivity index (χ1) is 11.3. The van der Waals surface area contributed by atoms with Crippen LogP contribution in [-0.2, 0) is 10.0 Å². The minimum Gasteiger partial charge on any atom is -0.384 e. The summed E-state index contributed by atoms with van der Waals surface area (Å²) in [5.74, 6) is -0.117. The van der Waals surface area contributed by atoms with Crippen molar-refractivity contribution in [3.63, 3.8) is 0 Å². The van der Waals surface area contributed by atoms with Gasteiger partial charge in [0, 0.05) is 29.4 Å². The first-order valence-electron chi connectivity index (χ1n) is 8.10. The van der Waals surface area contributed by atoms with E-state index >= 15 is 0 Å². The number of nitrogens with zero attached hydrogens (tertiary/aromatic N) is 1. The van der Waals surface area contributed by atoms with Crippen LogP contribution in [-0.4, -0.2) is 32.2 Å². The van der Waals surface area contributed by atoms with Gasteiger partial charge in [0.2, 0.25) is 10.0 Å². The third kappa shape index (κ3) is 3.84. The molecule has 130 valence electrons. The molecule has 3 rings (SSSR count). The smallest absolute Gasteiger partial charge is 0.208 e. The molecule has 0 aliphatic heterocycles. The van der Waals surface area contributed by atoms with Crippen molar-refractivity contribution in [3.05, 3.63) is 35.8 Å². The summed E-state index contributed by atoms with van der Waals surface area (Å²) in [5, 5.41) is 4.11. The number of anilines is 1. The molecule has 0 saturated heterocycles. The Kier molecular flexibility index (Phi) is 4.73. The highest BCUT2D eigenvalue weighted by Gasteiger charge is 2.29. The maximum Gasteiger partial charge on any atom is 0.208 e. The first kappa shape index (κ1) is 17.1. The van der Waals surface area contributed by atoms with Gasteiger partial charge in [-0.05, 0) is 37.8 Å². The number of pyridine rings is 1. The molecule has 1 heterocycles. The average molecular weight is 351 g/mol. The molecule has 2 atom stereocenters. The van der Waals surface area contributed by atoms with Crippen LogP contribution in [0.2, 0.25) is 0 Å². The van der Waals surface area contributed by atoms with Crippen LogP contribution in [0.25, 0.3) is 10.9 Å². The molecule has 0 radical (unpaired) electrons. The zero-order valence-electron chi connectivity index (χ0n) is 13.8.